The van der Waals surface area contributed by atoms with Crippen molar-refractivity contribution in [1.29, 1.82) is 0 Å². The first-order chi connectivity index (χ1) is 17.0. The van der Waals surface area contributed by atoms with Gasteiger partial charge in [-0.1, -0.05) is 6.07 Å². The average Bonchev–Trinajstić information content (AvgIpc) is 3.24. The molecule has 0 saturated carbocycles. The van der Waals surface area contributed by atoms with E-state index in [1.165, 1.54) is 4.57 Å². The molecular weight excluding hydrogens is 468 g/mol. The van der Waals surface area contributed by atoms with E-state index in [0.29, 0.717) is 47.7 Å². The summed E-state index contributed by atoms with van der Waals surface area (Å²) in [7, 11) is 3.10. The maximum atomic E-state index is 13.1. The fourth-order valence-electron chi connectivity index (χ4n) is 4.60. The van der Waals surface area contributed by atoms with Crippen molar-refractivity contribution in [1.82, 2.24) is 19.4 Å². The van der Waals surface area contributed by atoms with Gasteiger partial charge < -0.3 is 24.6 Å². The van der Waals surface area contributed by atoms with E-state index in [0.717, 1.165) is 18.9 Å². The van der Waals surface area contributed by atoms with Gasteiger partial charge in [0.25, 0.3) is 5.91 Å². The number of fused-ring (bicyclic) bond motifs is 3. The lowest BCUT2D eigenvalue weighted by Gasteiger charge is -2.35. The van der Waals surface area contributed by atoms with E-state index >= 15 is 0 Å². The zero-order chi connectivity index (χ0) is 24.5. The number of rotatable bonds is 6. The summed E-state index contributed by atoms with van der Waals surface area (Å²) in [5, 5.41) is 3.97. The molecule has 10 nitrogen and oxygen atoms in total. The van der Waals surface area contributed by atoms with Crippen LogP contribution in [0.2, 0.25) is 0 Å². The SMILES string of the molecule is COc1cc2nc(=S)n3c(c2cc1OC)NC(CCC(=O)N1CCN(c2ccccn2)CC1)C3=O. The minimum Gasteiger partial charge on any atom is -0.493 e. The number of benzene rings is 1. The highest BCUT2D eigenvalue weighted by atomic mass is 32.1. The maximum absolute atomic E-state index is 13.1. The Balaban J connectivity index is 1.26. The monoisotopic (exact) mass is 494 g/mol. The molecule has 1 amide bonds. The van der Waals surface area contributed by atoms with Crippen molar-refractivity contribution in [2.24, 2.45) is 0 Å². The molecule has 2 aliphatic rings. The smallest absolute Gasteiger partial charge is 0.257 e. The van der Waals surface area contributed by atoms with E-state index in [-0.39, 0.29) is 23.0 Å². The summed E-state index contributed by atoms with van der Waals surface area (Å²) in [5.74, 6) is 2.37. The topological polar surface area (TPSA) is 102 Å². The fraction of sp³-hybridized carbons (Fsp3) is 0.375. The number of hydrogen-bond donors (Lipinski definition) is 1. The summed E-state index contributed by atoms with van der Waals surface area (Å²) in [5.41, 5.74) is 0.599. The first kappa shape index (κ1) is 23.0. The van der Waals surface area contributed by atoms with Crippen LogP contribution in [0.1, 0.15) is 17.6 Å². The predicted molar refractivity (Wildman–Crippen MR) is 134 cm³/mol. The van der Waals surface area contributed by atoms with Crippen molar-refractivity contribution in [2.75, 3.05) is 50.6 Å². The lowest BCUT2D eigenvalue weighted by molar-refractivity contribution is -0.131. The Morgan fingerprint density at radius 2 is 1.89 bits per heavy atom. The lowest BCUT2D eigenvalue weighted by atomic mass is 10.1. The molecule has 1 saturated heterocycles. The Kier molecular flexibility index (Phi) is 6.25. The van der Waals surface area contributed by atoms with Crippen LogP contribution in [0.5, 0.6) is 11.5 Å². The predicted octanol–water partition coefficient (Wildman–Crippen LogP) is 2.74. The van der Waals surface area contributed by atoms with E-state index in [2.05, 4.69) is 20.2 Å². The zero-order valence-corrected chi connectivity index (χ0v) is 20.4. The van der Waals surface area contributed by atoms with Crippen LogP contribution in [0.3, 0.4) is 0 Å². The largest absolute Gasteiger partial charge is 0.493 e. The van der Waals surface area contributed by atoms with Crippen LogP contribution in [0.25, 0.3) is 10.9 Å². The number of amides is 1. The van der Waals surface area contributed by atoms with Crippen molar-refractivity contribution in [3.8, 4) is 11.5 Å². The second-order valence-corrected chi connectivity index (χ2v) is 8.80. The summed E-state index contributed by atoms with van der Waals surface area (Å²) in [6.45, 7) is 2.71. The standard InChI is InChI=1S/C24H26N6O4S/c1-33-18-13-15-17(14-19(18)34-2)27-24(35)30-22(15)26-16(23(30)32)6-7-21(31)29-11-9-28(10-12-29)20-5-3-4-8-25-20/h3-5,8,13-14,16,26H,6-7,9-12H2,1-2H3. The molecule has 0 aliphatic carbocycles. The number of carbonyl (C=O) groups is 2. The van der Waals surface area contributed by atoms with E-state index in [9.17, 15) is 9.59 Å². The average molecular weight is 495 g/mol. The van der Waals surface area contributed by atoms with Gasteiger partial charge in [-0.2, -0.15) is 0 Å². The van der Waals surface area contributed by atoms with Gasteiger partial charge >= 0.3 is 0 Å². The van der Waals surface area contributed by atoms with Crippen molar-refractivity contribution in [3.05, 3.63) is 41.3 Å². The first-order valence-electron chi connectivity index (χ1n) is 11.4. The molecule has 0 radical (unpaired) electrons. The van der Waals surface area contributed by atoms with Crippen molar-refractivity contribution >= 4 is 46.6 Å². The maximum Gasteiger partial charge on any atom is 0.257 e. The van der Waals surface area contributed by atoms with Gasteiger partial charge in [-0.15, -0.1) is 0 Å². The number of nitrogens with zero attached hydrogens (tertiary/aromatic N) is 5. The van der Waals surface area contributed by atoms with E-state index in [4.69, 9.17) is 21.7 Å². The van der Waals surface area contributed by atoms with Gasteiger partial charge in [0.2, 0.25) is 10.7 Å². The number of hydrogen-bond acceptors (Lipinski definition) is 9. The Hall–Kier alpha value is -3.73. The number of ether oxygens (including phenoxy) is 2. The number of methoxy groups -OCH3 is 2. The molecule has 0 bridgehead atoms. The lowest BCUT2D eigenvalue weighted by Crippen LogP contribution is -2.49. The van der Waals surface area contributed by atoms with Gasteiger partial charge in [0.15, 0.2) is 11.5 Å². The summed E-state index contributed by atoms with van der Waals surface area (Å²) < 4.78 is 12.3. The molecule has 4 heterocycles. The Bertz CT molecular complexity index is 1340. The van der Waals surface area contributed by atoms with Gasteiger partial charge in [0.1, 0.15) is 17.7 Å². The second-order valence-electron chi connectivity index (χ2n) is 8.43. The van der Waals surface area contributed by atoms with E-state index in [1.54, 1.807) is 32.5 Å². The summed E-state index contributed by atoms with van der Waals surface area (Å²) in [4.78, 5) is 38.8. The number of aromatic nitrogens is 3. The molecule has 3 aromatic rings. The normalized spacial score (nSPS) is 17.3. The molecule has 1 unspecified atom stereocenters. The molecule has 1 atom stereocenters. The third kappa shape index (κ3) is 4.27. The number of piperazine rings is 1. The molecule has 182 valence electrons. The summed E-state index contributed by atoms with van der Waals surface area (Å²) in [6, 6.07) is 8.77. The Labute approximate surface area is 207 Å². The molecule has 0 spiro atoms. The highest BCUT2D eigenvalue weighted by Crippen LogP contribution is 2.37. The molecule has 35 heavy (non-hydrogen) atoms. The van der Waals surface area contributed by atoms with Gasteiger partial charge in [-0.05, 0) is 36.8 Å². The van der Waals surface area contributed by atoms with Crippen molar-refractivity contribution in [2.45, 2.75) is 18.9 Å². The van der Waals surface area contributed by atoms with Crippen LogP contribution in [-0.2, 0) is 4.79 Å². The van der Waals surface area contributed by atoms with Crippen molar-refractivity contribution in [3.63, 3.8) is 0 Å². The summed E-state index contributed by atoms with van der Waals surface area (Å²) in [6.07, 6.45) is 2.40. The number of carbonyl (C=O) groups excluding carboxylic acids is 2. The Morgan fingerprint density at radius 3 is 2.57 bits per heavy atom. The van der Waals surface area contributed by atoms with Gasteiger partial charge in [0, 0.05) is 50.2 Å². The van der Waals surface area contributed by atoms with Crippen LogP contribution < -0.4 is 19.7 Å². The summed E-state index contributed by atoms with van der Waals surface area (Å²) >= 11 is 5.40. The third-order valence-corrected chi connectivity index (χ3v) is 6.74. The molecule has 1 aromatic carbocycles. The van der Waals surface area contributed by atoms with E-state index in [1.807, 2.05) is 23.1 Å². The van der Waals surface area contributed by atoms with E-state index < -0.39 is 6.04 Å². The second kappa shape index (κ2) is 9.49. The number of anilines is 2. The highest BCUT2D eigenvalue weighted by Gasteiger charge is 2.33. The third-order valence-electron chi connectivity index (χ3n) is 6.47. The molecule has 1 N–H and O–H groups in total. The number of pyridine rings is 1. The van der Waals surface area contributed by atoms with Gasteiger partial charge in [-0.3, -0.25) is 9.59 Å². The minimum atomic E-state index is -0.559. The molecule has 11 heteroatoms. The highest BCUT2D eigenvalue weighted by molar-refractivity contribution is 7.71. The van der Waals surface area contributed by atoms with Crippen LogP contribution in [0, 0.1) is 4.77 Å². The molecular formula is C24H26N6O4S. The van der Waals surface area contributed by atoms with Crippen LogP contribution in [-0.4, -0.2) is 77.7 Å². The molecule has 2 aromatic heterocycles. The van der Waals surface area contributed by atoms with Gasteiger partial charge in [0.05, 0.1) is 19.7 Å². The fourth-order valence-corrected chi connectivity index (χ4v) is 4.88. The quantitative estimate of drug-likeness (QED) is 0.518. The molecule has 2 aliphatic heterocycles. The zero-order valence-electron chi connectivity index (χ0n) is 19.6. The first-order valence-corrected chi connectivity index (χ1v) is 11.8. The Morgan fingerprint density at radius 1 is 1.14 bits per heavy atom. The minimum absolute atomic E-state index is 0.0363. The van der Waals surface area contributed by atoms with Crippen molar-refractivity contribution < 1.29 is 19.1 Å². The van der Waals surface area contributed by atoms with Crippen LogP contribution in [0.15, 0.2) is 36.5 Å². The molecule has 5 rings (SSSR count). The molecule has 1 fully saturated rings. The van der Waals surface area contributed by atoms with Crippen LogP contribution >= 0.6 is 12.2 Å². The van der Waals surface area contributed by atoms with Crippen LogP contribution in [0.4, 0.5) is 11.6 Å². The van der Waals surface area contributed by atoms with Gasteiger partial charge in [-0.25, -0.2) is 14.5 Å². The number of nitrogens with one attached hydrogen (secondary N) is 1.